The molecule has 0 aliphatic rings. The summed E-state index contributed by atoms with van der Waals surface area (Å²) in [4.78, 5) is 1.31. The highest BCUT2D eigenvalue weighted by Gasteiger charge is 2.14. The molecule has 0 aromatic heterocycles. The molecule has 21 heavy (non-hydrogen) atoms. The normalized spacial score (nSPS) is 12.4. The molecule has 0 saturated heterocycles. The average molecular weight is 299 g/mol. The highest BCUT2D eigenvalue weighted by molar-refractivity contribution is 7.98. The largest absolute Gasteiger partial charge is 0.306 e. The quantitative estimate of drug-likeness (QED) is 0.743. The maximum Gasteiger partial charge on any atom is 0.0576 e. The molecule has 1 unspecified atom stereocenters. The minimum atomic E-state index is 0.277. The second-order valence-corrected chi connectivity index (χ2v) is 6.46. The average Bonchev–Trinajstić information content (AvgIpc) is 2.47. The molecule has 0 saturated carbocycles. The Kier molecular flexibility index (Phi) is 5.89. The third-order valence-corrected chi connectivity index (χ3v) is 4.37. The number of rotatable bonds is 6. The fraction of sp³-hybridized carbons (Fsp3) is 0.368. The first kappa shape index (κ1) is 16.1. The van der Waals surface area contributed by atoms with E-state index in [2.05, 4.69) is 74.8 Å². The number of benzene rings is 2. The summed E-state index contributed by atoms with van der Waals surface area (Å²) in [5.41, 5.74) is 5.35. The molecule has 1 N–H and O–H groups in total. The monoisotopic (exact) mass is 299 g/mol. The van der Waals surface area contributed by atoms with Gasteiger partial charge >= 0.3 is 0 Å². The van der Waals surface area contributed by atoms with Crippen molar-refractivity contribution in [2.75, 3.05) is 12.8 Å². The summed E-state index contributed by atoms with van der Waals surface area (Å²) in [6, 6.07) is 16.0. The zero-order chi connectivity index (χ0) is 15.2. The molecule has 112 valence electrons. The Morgan fingerprint density at radius 1 is 0.952 bits per heavy atom. The highest BCUT2D eigenvalue weighted by atomic mass is 32.2. The van der Waals surface area contributed by atoms with E-state index < -0.39 is 0 Å². The molecule has 0 heterocycles. The summed E-state index contributed by atoms with van der Waals surface area (Å²) in [5.74, 6) is 0. The summed E-state index contributed by atoms with van der Waals surface area (Å²) in [5, 5.41) is 3.69. The zero-order valence-electron chi connectivity index (χ0n) is 13.4. The van der Waals surface area contributed by atoms with E-state index in [1.54, 1.807) is 11.8 Å². The molecule has 0 amide bonds. The number of hydrogen-bond donors (Lipinski definition) is 1. The molecule has 0 bridgehead atoms. The van der Waals surface area contributed by atoms with Crippen molar-refractivity contribution in [2.24, 2.45) is 0 Å². The molecule has 0 aliphatic carbocycles. The van der Waals surface area contributed by atoms with E-state index in [4.69, 9.17) is 0 Å². The first-order valence-corrected chi connectivity index (χ1v) is 8.82. The van der Waals surface area contributed by atoms with Crippen molar-refractivity contribution in [1.29, 1.82) is 0 Å². The second kappa shape index (κ2) is 7.67. The van der Waals surface area contributed by atoms with Gasteiger partial charge in [-0.25, -0.2) is 0 Å². The number of thioether (sulfide) groups is 1. The van der Waals surface area contributed by atoms with Gasteiger partial charge in [-0.2, -0.15) is 0 Å². The van der Waals surface area contributed by atoms with Gasteiger partial charge in [0, 0.05) is 4.90 Å². The van der Waals surface area contributed by atoms with E-state index in [0.29, 0.717) is 0 Å². The third kappa shape index (κ3) is 4.36. The summed E-state index contributed by atoms with van der Waals surface area (Å²) in [6.45, 7) is 7.58. The minimum Gasteiger partial charge on any atom is -0.306 e. The predicted molar refractivity (Wildman–Crippen MR) is 94.3 cm³/mol. The summed E-state index contributed by atoms with van der Waals surface area (Å²) in [6.07, 6.45) is 3.26. The first-order valence-electron chi connectivity index (χ1n) is 7.59. The first-order chi connectivity index (χ1) is 10.1. The van der Waals surface area contributed by atoms with Crippen LogP contribution in [0.3, 0.4) is 0 Å². The molecule has 1 nitrogen and oxygen atoms in total. The lowest BCUT2D eigenvalue weighted by atomic mass is 9.95. The van der Waals surface area contributed by atoms with Gasteiger partial charge in [0.25, 0.3) is 0 Å². The smallest absolute Gasteiger partial charge is 0.0576 e. The second-order valence-electron chi connectivity index (χ2n) is 5.58. The predicted octanol–water partition coefficient (Wildman–Crippen LogP) is 5.11. The van der Waals surface area contributed by atoms with Crippen molar-refractivity contribution in [1.82, 2.24) is 5.32 Å². The number of nitrogens with one attached hydrogen (secondary N) is 1. The van der Waals surface area contributed by atoms with Crippen molar-refractivity contribution < 1.29 is 0 Å². The Bertz CT molecular complexity index is 554. The Morgan fingerprint density at radius 2 is 1.57 bits per heavy atom. The van der Waals surface area contributed by atoms with E-state index >= 15 is 0 Å². The lowest BCUT2D eigenvalue weighted by Crippen LogP contribution is -2.23. The van der Waals surface area contributed by atoms with Gasteiger partial charge in [-0.05, 0) is 56.3 Å². The highest BCUT2D eigenvalue weighted by Crippen LogP contribution is 2.26. The van der Waals surface area contributed by atoms with Crippen molar-refractivity contribution in [3.8, 4) is 0 Å². The Morgan fingerprint density at radius 3 is 2.10 bits per heavy atom. The molecule has 2 aromatic rings. The van der Waals surface area contributed by atoms with Crippen LogP contribution >= 0.6 is 11.8 Å². The van der Waals surface area contributed by atoms with Gasteiger partial charge in [-0.3, -0.25) is 0 Å². The van der Waals surface area contributed by atoms with Crippen molar-refractivity contribution in [3.05, 3.63) is 64.7 Å². The van der Waals surface area contributed by atoms with E-state index in [1.165, 1.54) is 27.1 Å². The van der Waals surface area contributed by atoms with Crippen molar-refractivity contribution >= 4 is 11.8 Å². The molecule has 2 heteroatoms. The van der Waals surface area contributed by atoms with Crippen LogP contribution in [0.5, 0.6) is 0 Å². The van der Waals surface area contributed by atoms with Crippen LogP contribution in [0.2, 0.25) is 0 Å². The van der Waals surface area contributed by atoms with Crippen molar-refractivity contribution in [3.63, 3.8) is 0 Å². The molecular weight excluding hydrogens is 274 g/mol. The molecule has 1 atom stereocenters. The van der Waals surface area contributed by atoms with E-state index in [0.717, 1.165) is 13.0 Å². The lowest BCUT2D eigenvalue weighted by Gasteiger charge is -2.21. The fourth-order valence-corrected chi connectivity index (χ4v) is 3.10. The van der Waals surface area contributed by atoms with Crippen LogP contribution in [0, 0.1) is 13.8 Å². The van der Waals surface area contributed by atoms with Gasteiger partial charge in [0.05, 0.1) is 6.04 Å². The van der Waals surface area contributed by atoms with Crippen LogP contribution in [-0.2, 0) is 0 Å². The van der Waals surface area contributed by atoms with Crippen LogP contribution in [-0.4, -0.2) is 12.8 Å². The van der Waals surface area contributed by atoms with Gasteiger partial charge in [-0.15, -0.1) is 11.8 Å². The molecule has 0 fully saturated rings. The van der Waals surface area contributed by atoms with Gasteiger partial charge in [0.1, 0.15) is 0 Å². The summed E-state index contributed by atoms with van der Waals surface area (Å²) < 4.78 is 0. The van der Waals surface area contributed by atoms with E-state index in [1.807, 2.05) is 0 Å². The summed E-state index contributed by atoms with van der Waals surface area (Å²) >= 11 is 1.79. The van der Waals surface area contributed by atoms with Gasteiger partial charge in [-0.1, -0.05) is 48.4 Å². The Labute approximate surface area is 133 Å². The van der Waals surface area contributed by atoms with Crippen LogP contribution in [0.1, 0.15) is 41.6 Å². The van der Waals surface area contributed by atoms with Gasteiger partial charge in [0.15, 0.2) is 0 Å². The van der Waals surface area contributed by atoms with Crippen LogP contribution < -0.4 is 5.32 Å². The van der Waals surface area contributed by atoms with Crippen molar-refractivity contribution in [2.45, 2.75) is 38.1 Å². The number of hydrogen-bond acceptors (Lipinski definition) is 2. The lowest BCUT2D eigenvalue weighted by molar-refractivity contribution is 0.598. The van der Waals surface area contributed by atoms with E-state index in [9.17, 15) is 0 Å². The minimum absolute atomic E-state index is 0.277. The third-order valence-electron chi connectivity index (χ3n) is 3.62. The molecule has 0 radical (unpaired) electrons. The van der Waals surface area contributed by atoms with E-state index in [-0.39, 0.29) is 6.04 Å². The molecule has 2 aromatic carbocycles. The molecule has 2 rings (SSSR count). The maximum atomic E-state index is 3.69. The fourth-order valence-electron chi connectivity index (χ4n) is 2.69. The SMILES string of the molecule is CCCNC(c1ccc(SC)cc1)c1cc(C)cc(C)c1. The summed E-state index contributed by atoms with van der Waals surface area (Å²) in [7, 11) is 0. The van der Waals surface area contributed by atoms with Crippen LogP contribution in [0.25, 0.3) is 0 Å². The maximum absolute atomic E-state index is 3.69. The molecular formula is C19H25NS. The zero-order valence-corrected chi connectivity index (χ0v) is 14.3. The Hall–Kier alpha value is -1.25. The topological polar surface area (TPSA) is 12.0 Å². The molecule has 0 aliphatic heterocycles. The standard InChI is InChI=1S/C19H25NS/c1-5-10-20-19(16-6-8-18(21-4)9-7-16)17-12-14(2)11-15(3)13-17/h6-9,11-13,19-20H,5,10H2,1-4H3. The molecule has 0 spiro atoms. The van der Waals surface area contributed by atoms with Crippen LogP contribution in [0.4, 0.5) is 0 Å². The number of aryl methyl sites for hydroxylation is 2. The van der Waals surface area contributed by atoms with Gasteiger partial charge < -0.3 is 5.32 Å². The Balaban J connectivity index is 2.36. The van der Waals surface area contributed by atoms with Gasteiger partial charge in [0.2, 0.25) is 0 Å². The van der Waals surface area contributed by atoms with Crippen LogP contribution in [0.15, 0.2) is 47.4 Å².